The van der Waals surface area contributed by atoms with Gasteiger partial charge >= 0.3 is 0 Å². The first-order chi connectivity index (χ1) is 36.7. The zero-order valence-electron chi connectivity index (χ0n) is 39.6. The molecule has 0 aliphatic carbocycles. The number of ether oxygens (including phenoxy) is 2. The Kier molecular flexibility index (Phi) is 8.08. The number of anilines is 6. The largest absolute Gasteiger partial charge is 0.458 e. The van der Waals surface area contributed by atoms with Crippen molar-refractivity contribution in [1.29, 1.82) is 0 Å². The fourth-order valence-corrected chi connectivity index (χ4v) is 13.0. The highest BCUT2D eigenvalue weighted by atomic mass is 16.5. The summed E-state index contributed by atoms with van der Waals surface area (Å²) in [7, 11) is 0. The van der Waals surface area contributed by atoms with Crippen LogP contribution in [0.15, 0.2) is 239 Å². The smallest absolute Gasteiger partial charge is 0.260 e. The van der Waals surface area contributed by atoms with E-state index in [1.54, 1.807) is 0 Å². The number of hydrogen-bond acceptors (Lipinski definition) is 6. The maximum absolute atomic E-state index is 7.38. The van der Waals surface area contributed by atoms with Crippen LogP contribution < -0.4 is 52.1 Å². The van der Waals surface area contributed by atoms with Crippen LogP contribution in [-0.2, 0) is 0 Å². The molecular weight excluding hydrogens is 906 g/mol. The molecule has 6 heterocycles. The molecule has 6 nitrogen and oxygen atoms in total. The highest BCUT2D eigenvalue weighted by molar-refractivity contribution is 7.02. The number of hydrogen-bond donors (Lipinski definition) is 0. The first kappa shape index (κ1) is 40.0. The van der Waals surface area contributed by atoms with Gasteiger partial charge in [0.05, 0.1) is 22.1 Å². The first-order valence-corrected chi connectivity index (χ1v) is 25.3. The molecule has 11 aromatic carbocycles. The van der Waals surface area contributed by atoms with Crippen LogP contribution in [0.4, 0.5) is 34.1 Å². The molecule has 342 valence electrons. The second-order valence-corrected chi connectivity index (χ2v) is 19.8. The molecule has 0 N–H and O–H groups in total. The van der Waals surface area contributed by atoms with Gasteiger partial charge in [-0.2, -0.15) is 0 Å². The second-order valence-electron chi connectivity index (χ2n) is 19.8. The van der Waals surface area contributed by atoms with Crippen LogP contribution in [0.25, 0.3) is 66.1 Å². The van der Waals surface area contributed by atoms with Gasteiger partial charge < -0.3 is 28.1 Å². The average Bonchev–Trinajstić information content (AvgIpc) is 4.14. The Hall–Kier alpha value is -9.65. The van der Waals surface area contributed by atoms with Gasteiger partial charge in [0.25, 0.3) is 13.4 Å². The molecule has 8 heteroatoms. The maximum Gasteiger partial charge on any atom is 0.260 e. The van der Waals surface area contributed by atoms with Crippen LogP contribution in [0.2, 0.25) is 0 Å². The predicted molar refractivity (Wildman–Crippen MR) is 304 cm³/mol. The zero-order chi connectivity index (χ0) is 48.2. The van der Waals surface area contributed by atoms with E-state index in [9.17, 15) is 0 Å². The van der Waals surface area contributed by atoms with E-state index in [0.717, 1.165) is 140 Å². The molecule has 0 spiro atoms. The van der Waals surface area contributed by atoms with E-state index in [1.807, 2.05) is 12.1 Å². The lowest BCUT2D eigenvalue weighted by atomic mass is 9.30. The minimum atomic E-state index is -0.206. The third-order valence-electron chi connectivity index (χ3n) is 15.9. The molecule has 0 saturated heterocycles. The van der Waals surface area contributed by atoms with Crippen molar-refractivity contribution in [2.45, 2.75) is 0 Å². The van der Waals surface area contributed by atoms with E-state index in [-0.39, 0.29) is 13.4 Å². The Labute approximate surface area is 426 Å². The summed E-state index contributed by atoms with van der Waals surface area (Å²) in [4.78, 5) is 5.02. The van der Waals surface area contributed by atoms with Crippen molar-refractivity contribution in [3.8, 4) is 45.3 Å². The maximum atomic E-state index is 7.38. The fourth-order valence-electron chi connectivity index (χ4n) is 13.0. The molecule has 74 heavy (non-hydrogen) atoms. The summed E-state index contributed by atoms with van der Waals surface area (Å²) < 4.78 is 28.1. The van der Waals surface area contributed by atoms with Crippen molar-refractivity contribution in [3.63, 3.8) is 0 Å². The third kappa shape index (κ3) is 5.41. The van der Waals surface area contributed by atoms with Gasteiger partial charge in [0.1, 0.15) is 45.3 Å². The summed E-state index contributed by atoms with van der Waals surface area (Å²) in [5.74, 6) is 3.12. The second kappa shape index (κ2) is 14.9. The summed E-state index contributed by atoms with van der Waals surface area (Å²) >= 11 is 0. The molecular formula is C66H38B2N2O4. The lowest BCUT2D eigenvalue weighted by molar-refractivity contribution is 0.467. The van der Waals surface area contributed by atoms with Crippen LogP contribution in [0, 0.1) is 0 Å². The molecule has 0 radical (unpaired) electrons. The summed E-state index contributed by atoms with van der Waals surface area (Å²) in [5, 5.41) is 4.13. The van der Waals surface area contributed by atoms with E-state index >= 15 is 0 Å². The number of nitrogens with zero attached hydrogens (tertiary/aromatic N) is 2. The van der Waals surface area contributed by atoms with E-state index in [2.05, 4.69) is 228 Å². The van der Waals surface area contributed by atoms with Gasteiger partial charge in [-0.15, -0.1) is 0 Å². The summed E-state index contributed by atoms with van der Waals surface area (Å²) in [6.45, 7) is -0.408. The van der Waals surface area contributed by atoms with E-state index in [4.69, 9.17) is 18.3 Å². The van der Waals surface area contributed by atoms with Crippen molar-refractivity contribution < 1.29 is 18.3 Å². The van der Waals surface area contributed by atoms with Gasteiger partial charge in [0.2, 0.25) is 0 Å². The molecule has 0 bridgehead atoms. The van der Waals surface area contributed by atoms with E-state index in [1.165, 1.54) is 16.4 Å². The molecule has 0 amide bonds. The Morgan fingerprint density at radius 1 is 0.324 bits per heavy atom. The van der Waals surface area contributed by atoms with E-state index < -0.39 is 0 Å². The fraction of sp³-hybridized carbons (Fsp3) is 0. The van der Waals surface area contributed by atoms with Gasteiger partial charge in [-0.3, -0.25) is 0 Å². The molecule has 0 fully saturated rings. The lowest BCUT2D eigenvalue weighted by Gasteiger charge is -2.45. The Bertz CT molecular complexity index is 4470. The van der Waals surface area contributed by atoms with Gasteiger partial charge in [-0.25, -0.2) is 0 Å². The third-order valence-corrected chi connectivity index (χ3v) is 15.9. The van der Waals surface area contributed by atoms with Gasteiger partial charge in [-0.05, 0) is 74.8 Å². The van der Waals surface area contributed by atoms with Gasteiger partial charge in [0, 0.05) is 68.3 Å². The molecule has 13 aromatic rings. The van der Waals surface area contributed by atoms with Crippen molar-refractivity contribution in [1.82, 2.24) is 0 Å². The van der Waals surface area contributed by atoms with Crippen molar-refractivity contribution in [2.24, 2.45) is 0 Å². The standard InChI is InChI=1S/C66H38B2N2O4/c1-4-19-39(20-5-1)42-27-18-28-43(40-21-6-2-7-22-40)64(42)70-51-36-56-49(68-47-30-13-17-34-55(47)74-66-61-45-26-11-16-33-54(45)72-58(61)38-59(73-56)63(66)68)35-48(51)67-46-29-12-14-31-50(46)69(41-23-8-3-9-24-41)65-60-44-25-10-15-32-53(44)71-57(60)37-52(70)62(65)67/h1-38H. The molecule has 0 unspecified atom stereocenters. The minimum Gasteiger partial charge on any atom is -0.458 e. The lowest BCUT2D eigenvalue weighted by Crippen LogP contribution is -2.64. The quantitative estimate of drug-likeness (QED) is 0.164. The first-order valence-electron chi connectivity index (χ1n) is 25.3. The SMILES string of the molecule is c1ccc(-c2cccc(-c3ccccc3)c2N2c3cc4c(cc3B3c5ccccc5N(c5ccccc5)c5c3c2cc2oc3ccccc3c52)B2c3ccccc3Oc3c2c(cc2oc5ccccc5c32)O4)cc1. The number of furan rings is 2. The summed E-state index contributed by atoms with van der Waals surface area (Å²) in [6, 6.07) is 82.5. The normalized spacial score (nSPS) is 13.5. The monoisotopic (exact) mass is 944 g/mol. The molecule has 17 rings (SSSR count). The van der Waals surface area contributed by atoms with Gasteiger partial charge in [-0.1, -0.05) is 176 Å². The van der Waals surface area contributed by atoms with Crippen molar-refractivity contribution >= 4 is 124 Å². The van der Waals surface area contributed by atoms with Crippen LogP contribution in [0.1, 0.15) is 0 Å². The molecule has 0 atom stereocenters. The Morgan fingerprint density at radius 2 is 0.919 bits per heavy atom. The average molecular weight is 945 g/mol. The molecule has 2 aromatic heterocycles. The Morgan fingerprint density at radius 3 is 1.65 bits per heavy atom. The highest BCUT2D eigenvalue weighted by Crippen LogP contribution is 2.54. The number of rotatable bonds is 4. The molecule has 4 aliphatic rings. The molecule has 0 saturated carbocycles. The van der Waals surface area contributed by atoms with Crippen LogP contribution in [0.3, 0.4) is 0 Å². The topological polar surface area (TPSA) is 51.2 Å². The van der Waals surface area contributed by atoms with Crippen LogP contribution in [0.5, 0.6) is 23.0 Å². The van der Waals surface area contributed by atoms with Crippen molar-refractivity contribution in [3.05, 3.63) is 231 Å². The number of benzene rings is 11. The van der Waals surface area contributed by atoms with Crippen LogP contribution >= 0.6 is 0 Å². The zero-order valence-corrected chi connectivity index (χ0v) is 39.6. The van der Waals surface area contributed by atoms with Crippen LogP contribution in [-0.4, -0.2) is 13.4 Å². The van der Waals surface area contributed by atoms with Crippen molar-refractivity contribution in [2.75, 3.05) is 9.80 Å². The summed E-state index contributed by atoms with van der Waals surface area (Å²) in [5.41, 5.74) is 20.9. The van der Waals surface area contributed by atoms with E-state index in [0.29, 0.717) is 0 Å². The number of fused-ring (bicyclic) bond motifs is 16. The highest BCUT2D eigenvalue weighted by Gasteiger charge is 2.49. The predicted octanol–water partition coefficient (Wildman–Crippen LogP) is 13.6. The minimum absolute atomic E-state index is 0.203. The molecule has 4 aliphatic heterocycles. The number of para-hydroxylation sites is 6. The van der Waals surface area contributed by atoms with Gasteiger partial charge in [0.15, 0.2) is 0 Å². The summed E-state index contributed by atoms with van der Waals surface area (Å²) in [6.07, 6.45) is 0. The Balaban J connectivity index is 1.04.